The van der Waals surface area contributed by atoms with E-state index in [0.29, 0.717) is 16.4 Å². The quantitative estimate of drug-likeness (QED) is 0.328. The number of hydrogen-bond donors (Lipinski definition) is 3. The van der Waals surface area contributed by atoms with Crippen molar-refractivity contribution in [1.82, 2.24) is 15.3 Å². The van der Waals surface area contributed by atoms with Crippen LogP contribution in [0.2, 0.25) is 0 Å². The summed E-state index contributed by atoms with van der Waals surface area (Å²) in [6.07, 6.45) is 2.25. The van der Waals surface area contributed by atoms with Gasteiger partial charge in [-0.2, -0.15) is 0 Å². The first-order valence-corrected chi connectivity index (χ1v) is 11.8. The third-order valence-corrected chi connectivity index (χ3v) is 7.04. The molecular weight excluding hydrogens is 440 g/mol. The Labute approximate surface area is 192 Å². The molecule has 3 aromatic heterocycles. The molecule has 5 rings (SSSR count). The Hall–Kier alpha value is -3.49. The number of aryl methyl sites for hydroxylation is 1. The lowest BCUT2D eigenvalue weighted by atomic mass is 10.0. The van der Waals surface area contributed by atoms with Crippen molar-refractivity contribution in [1.29, 1.82) is 0 Å². The maximum absolute atomic E-state index is 13.3. The number of anilines is 1. The molecule has 1 atom stereocenters. The van der Waals surface area contributed by atoms with E-state index in [9.17, 15) is 9.59 Å². The number of carbonyl (C=O) groups is 2. The predicted molar refractivity (Wildman–Crippen MR) is 131 cm³/mol. The van der Waals surface area contributed by atoms with Crippen molar-refractivity contribution >= 4 is 60.7 Å². The first kappa shape index (κ1) is 20.4. The van der Waals surface area contributed by atoms with Crippen LogP contribution in [-0.4, -0.2) is 27.8 Å². The maximum atomic E-state index is 13.3. The predicted octanol–water partition coefficient (Wildman–Crippen LogP) is 5.13. The number of hydrogen-bond acceptors (Lipinski definition) is 5. The summed E-state index contributed by atoms with van der Waals surface area (Å²) in [5, 5.41) is 9.21. The number of carbonyl (C=O) groups excluding carboxylic acids is 2. The molecule has 160 valence electrons. The van der Waals surface area contributed by atoms with Crippen molar-refractivity contribution in [2.75, 3.05) is 5.32 Å². The zero-order chi connectivity index (χ0) is 22.1. The van der Waals surface area contributed by atoms with Crippen LogP contribution in [0.1, 0.15) is 20.8 Å². The lowest BCUT2D eigenvalue weighted by Crippen LogP contribution is -2.45. The number of fused-ring (bicyclic) bond motifs is 2. The van der Waals surface area contributed by atoms with Crippen molar-refractivity contribution in [3.63, 3.8) is 0 Å². The second-order valence-corrected chi connectivity index (χ2v) is 9.52. The molecule has 0 aliphatic heterocycles. The van der Waals surface area contributed by atoms with Gasteiger partial charge in [-0.3, -0.25) is 9.59 Å². The van der Waals surface area contributed by atoms with Gasteiger partial charge < -0.3 is 15.6 Å². The first-order valence-electron chi connectivity index (χ1n) is 10.1. The number of amides is 2. The van der Waals surface area contributed by atoms with Gasteiger partial charge in [0.2, 0.25) is 5.91 Å². The molecule has 32 heavy (non-hydrogen) atoms. The molecule has 0 bridgehead atoms. The van der Waals surface area contributed by atoms with Crippen LogP contribution in [0.25, 0.3) is 21.1 Å². The Morgan fingerprint density at radius 2 is 2.00 bits per heavy atom. The highest BCUT2D eigenvalue weighted by atomic mass is 32.1. The highest BCUT2D eigenvalue weighted by Crippen LogP contribution is 2.27. The van der Waals surface area contributed by atoms with Crippen LogP contribution in [0.5, 0.6) is 0 Å². The fraction of sp³-hybridized carbons (Fsp3) is 0.125. The Morgan fingerprint density at radius 1 is 1.12 bits per heavy atom. The average molecular weight is 461 g/mol. The largest absolute Gasteiger partial charge is 0.361 e. The molecule has 0 spiro atoms. The molecule has 0 unspecified atom stereocenters. The first-order chi connectivity index (χ1) is 15.6. The molecule has 3 heterocycles. The van der Waals surface area contributed by atoms with Gasteiger partial charge in [-0.15, -0.1) is 11.3 Å². The minimum atomic E-state index is -0.752. The molecule has 0 saturated carbocycles. The molecule has 5 aromatic rings. The van der Waals surface area contributed by atoms with Crippen molar-refractivity contribution < 1.29 is 9.59 Å². The van der Waals surface area contributed by atoms with Gasteiger partial charge in [0.1, 0.15) is 6.04 Å². The van der Waals surface area contributed by atoms with Crippen LogP contribution in [0.4, 0.5) is 5.13 Å². The van der Waals surface area contributed by atoms with E-state index < -0.39 is 6.04 Å². The van der Waals surface area contributed by atoms with E-state index in [4.69, 9.17) is 0 Å². The molecule has 0 saturated heterocycles. The summed E-state index contributed by atoms with van der Waals surface area (Å²) >= 11 is 2.77. The molecule has 6 nitrogen and oxygen atoms in total. The van der Waals surface area contributed by atoms with Crippen molar-refractivity contribution in [2.45, 2.75) is 19.4 Å². The van der Waals surface area contributed by atoms with Gasteiger partial charge in [0, 0.05) is 23.5 Å². The summed E-state index contributed by atoms with van der Waals surface area (Å²) in [5.74, 6) is -0.559. The highest BCUT2D eigenvalue weighted by Gasteiger charge is 2.24. The van der Waals surface area contributed by atoms with E-state index >= 15 is 0 Å². The lowest BCUT2D eigenvalue weighted by Gasteiger charge is -2.17. The van der Waals surface area contributed by atoms with E-state index in [-0.39, 0.29) is 11.8 Å². The van der Waals surface area contributed by atoms with Gasteiger partial charge in [0.05, 0.1) is 15.1 Å². The number of rotatable bonds is 6. The summed E-state index contributed by atoms with van der Waals surface area (Å²) in [6.45, 7) is 2.02. The second-order valence-electron chi connectivity index (χ2n) is 7.55. The fourth-order valence-electron chi connectivity index (χ4n) is 3.64. The average Bonchev–Trinajstić information content (AvgIpc) is 3.53. The zero-order valence-corrected chi connectivity index (χ0v) is 18.8. The van der Waals surface area contributed by atoms with Gasteiger partial charge in [-0.05, 0) is 47.7 Å². The van der Waals surface area contributed by atoms with Crippen LogP contribution < -0.4 is 10.6 Å². The molecule has 3 N–H and O–H groups in total. The van der Waals surface area contributed by atoms with Gasteiger partial charge in [0.15, 0.2) is 5.13 Å². The van der Waals surface area contributed by atoms with E-state index in [0.717, 1.165) is 32.2 Å². The zero-order valence-electron chi connectivity index (χ0n) is 17.2. The number of thiophene rings is 1. The molecule has 0 aliphatic rings. The van der Waals surface area contributed by atoms with Gasteiger partial charge in [-0.1, -0.05) is 41.7 Å². The topological polar surface area (TPSA) is 86.9 Å². The van der Waals surface area contributed by atoms with Crippen LogP contribution in [0.15, 0.2) is 66.2 Å². The Morgan fingerprint density at radius 3 is 2.84 bits per heavy atom. The second kappa shape index (κ2) is 8.57. The number of aromatic nitrogens is 2. The van der Waals surface area contributed by atoms with Crippen LogP contribution in [-0.2, 0) is 11.2 Å². The maximum Gasteiger partial charge on any atom is 0.262 e. The van der Waals surface area contributed by atoms with E-state index in [1.807, 2.05) is 67.0 Å². The molecule has 2 amide bonds. The van der Waals surface area contributed by atoms with Crippen molar-refractivity contribution in [3.8, 4) is 0 Å². The van der Waals surface area contributed by atoms with E-state index in [2.05, 4.69) is 20.6 Å². The number of aromatic amines is 1. The summed E-state index contributed by atoms with van der Waals surface area (Å²) in [5.41, 5.74) is 3.94. The molecule has 2 aromatic carbocycles. The van der Waals surface area contributed by atoms with Crippen LogP contribution in [0.3, 0.4) is 0 Å². The molecule has 0 fully saturated rings. The molecule has 8 heteroatoms. The number of benzene rings is 2. The minimum absolute atomic E-state index is 0.264. The standard InChI is InChI=1S/C24H20N4O2S2/c1-14-8-9-18-21(11-14)32-24(27-18)28-22(29)19(26-23(30)20-7-4-10-31-20)12-15-13-25-17-6-3-2-5-16(15)17/h2-11,13,19,25H,12H2,1H3,(H,26,30)(H,27,28,29)/t19-/m0/s1. The number of para-hydroxylation sites is 1. The lowest BCUT2D eigenvalue weighted by molar-refractivity contribution is -0.118. The van der Waals surface area contributed by atoms with Crippen LogP contribution in [0, 0.1) is 6.92 Å². The normalized spacial score (nSPS) is 12.2. The Balaban J connectivity index is 1.42. The fourth-order valence-corrected chi connectivity index (χ4v) is 5.24. The van der Waals surface area contributed by atoms with Crippen molar-refractivity contribution in [3.05, 3.63) is 82.2 Å². The van der Waals surface area contributed by atoms with Gasteiger partial charge >= 0.3 is 0 Å². The van der Waals surface area contributed by atoms with Gasteiger partial charge in [0.25, 0.3) is 5.91 Å². The number of thiazole rings is 1. The molecule has 0 radical (unpaired) electrons. The molecular formula is C24H20N4O2S2. The Kier molecular flexibility index (Phi) is 5.46. The molecule has 0 aliphatic carbocycles. The third kappa shape index (κ3) is 4.15. The monoisotopic (exact) mass is 460 g/mol. The summed E-state index contributed by atoms with van der Waals surface area (Å²) in [7, 11) is 0. The minimum Gasteiger partial charge on any atom is -0.361 e. The highest BCUT2D eigenvalue weighted by molar-refractivity contribution is 7.22. The number of nitrogens with zero attached hydrogens (tertiary/aromatic N) is 1. The third-order valence-electron chi connectivity index (χ3n) is 5.24. The smallest absolute Gasteiger partial charge is 0.262 e. The number of nitrogens with one attached hydrogen (secondary N) is 3. The summed E-state index contributed by atoms with van der Waals surface area (Å²) in [4.78, 5) is 34.3. The van der Waals surface area contributed by atoms with Crippen molar-refractivity contribution in [2.24, 2.45) is 0 Å². The number of H-pyrrole nitrogens is 1. The van der Waals surface area contributed by atoms with Gasteiger partial charge in [-0.25, -0.2) is 4.98 Å². The summed E-state index contributed by atoms with van der Waals surface area (Å²) < 4.78 is 1.01. The van der Waals surface area contributed by atoms with E-state index in [1.54, 1.807) is 6.07 Å². The summed E-state index contributed by atoms with van der Waals surface area (Å²) in [6, 6.07) is 16.7. The SMILES string of the molecule is Cc1ccc2nc(NC(=O)[C@H](Cc3c[nH]c4ccccc34)NC(=O)c3cccs3)sc2c1. The Bertz CT molecular complexity index is 1420. The van der Waals surface area contributed by atoms with E-state index in [1.165, 1.54) is 22.7 Å². The van der Waals surface area contributed by atoms with Crippen LogP contribution >= 0.6 is 22.7 Å².